The second-order valence-corrected chi connectivity index (χ2v) is 7.79. The molecule has 0 fully saturated rings. The predicted molar refractivity (Wildman–Crippen MR) is 116 cm³/mol. The van der Waals surface area contributed by atoms with Crippen LogP contribution in [0, 0.1) is 11.8 Å². The van der Waals surface area contributed by atoms with Gasteiger partial charge in [-0.15, -0.1) is 12.4 Å². The lowest BCUT2D eigenvalue weighted by atomic mass is 10.1. The third kappa shape index (κ3) is 7.53. The van der Waals surface area contributed by atoms with Gasteiger partial charge in [-0.25, -0.2) is 0 Å². The van der Waals surface area contributed by atoms with Crippen molar-refractivity contribution in [3.8, 4) is 5.75 Å². The first kappa shape index (κ1) is 23.5. The van der Waals surface area contributed by atoms with E-state index in [1.54, 1.807) is 13.3 Å². The molecule has 1 aromatic heterocycles. The Morgan fingerprint density at radius 3 is 2.37 bits per heavy atom. The maximum Gasteiger partial charge on any atom is 0.121 e. The van der Waals surface area contributed by atoms with Crippen LogP contribution < -0.4 is 10.1 Å². The number of rotatable bonds is 10. The molecule has 2 aromatic rings. The average Bonchev–Trinajstić information content (AvgIpc) is 2.58. The third-order valence-corrected chi connectivity index (χ3v) is 4.16. The van der Waals surface area contributed by atoms with Crippen LogP contribution in [0.25, 0.3) is 10.9 Å². The number of pyridine rings is 1. The number of fused-ring (bicyclic) bond motifs is 1. The van der Waals surface area contributed by atoms with E-state index < -0.39 is 6.10 Å². The van der Waals surface area contributed by atoms with E-state index in [-0.39, 0.29) is 12.4 Å². The molecule has 152 valence electrons. The van der Waals surface area contributed by atoms with Crippen LogP contribution >= 0.6 is 12.4 Å². The molecule has 1 aromatic carbocycles. The van der Waals surface area contributed by atoms with Gasteiger partial charge in [0.25, 0.3) is 0 Å². The summed E-state index contributed by atoms with van der Waals surface area (Å²) >= 11 is 0. The maximum absolute atomic E-state index is 10.5. The number of ether oxygens (including phenoxy) is 1. The second kappa shape index (κ2) is 11.3. The number of halogens is 1. The summed E-state index contributed by atoms with van der Waals surface area (Å²) in [5.41, 5.74) is 1.78. The molecule has 2 rings (SSSR count). The van der Waals surface area contributed by atoms with Crippen LogP contribution in [0.2, 0.25) is 0 Å². The molecule has 1 heterocycles. The molecule has 0 aliphatic rings. The van der Waals surface area contributed by atoms with Crippen molar-refractivity contribution < 1.29 is 9.84 Å². The summed E-state index contributed by atoms with van der Waals surface area (Å²) in [5.74, 6) is 1.95. The standard InChI is InChI=1S/C21H33N3O2.ClH/c1-15(2)12-24(13-16(3)4)14-18(25)11-23-20-10-19(26-5)9-17-7-6-8-22-21(17)20;/h6-10,15-16,18,23,25H,11-14H2,1-5H3;1H. The molecule has 0 radical (unpaired) electrons. The number of hydrogen-bond acceptors (Lipinski definition) is 5. The van der Waals surface area contributed by atoms with E-state index in [9.17, 15) is 5.11 Å². The summed E-state index contributed by atoms with van der Waals surface area (Å²) in [7, 11) is 1.66. The van der Waals surface area contributed by atoms with Crippen molar-refractivity contribution in [3.05, 3.63) is 30.5 Å². The molecule has 0 amide bonds. The fraction of sp³-hybridized carbons (Fsp3) is 0.571. The Kier molecular flexibility index (Phi) is 9.84. The van der Waals surface area contributed by atoms with Crippen LogP contribution in [0.1, 0.15) is 27.7 Å². The molecule has 0 bridgehead atoms. The van der Waals surface area contributed by atoms with Gasteiger partial charge in [-0.3, -0.25) is 4.98 Å². The largest absolute Gasteiger partial charge is 0.497 e. The SMILES string of the molecule is COc1cc(NCC(O)CN(CC(C)C)CC(C)C)c2ncccc2c1.Cl. The van der Waals surface area contributed by atoms with E-state index in [0.717, 1.165) is 35.4 Å². The Labute approximate surface area is 169 Å². The quantitative estimate of drug-likeness (QED) is 0.635. The topological polar surface area (TPSA) is 57.6 Å². The highest BCUT2D eigenvalue weighted by Gasteiger charge is 2.15. The van der Waals surface area contributed by atoms with Gasteiger partial charge < -0.3 is 20.1 Å². The van der Waals surface area contributed by atoms with Crippen molar-refractivity contribution >= 4 is 29.0 Å². The fourth-order valence-electron chi connectivity index (χ4n) is 3.26. The molecule has 2 N–H and O–H groups in total. The first-order valence-corrected chi connectivity index (χ1v) is 9.46. The summed E-state index contributed by atoms with van der Waals surface area (Å²) < 4.78 is 5.38. The van der Waals surface area contributed by atoms with Gasteiger partial charge in [0, 0.05) is 43.8 Å². The number of nitrogens with zero attached hydrogens (tertiary/aromatic N) is 2. The molecule has 1 unspecified atom stereocenters. The molecule has 27 heavy (non-hydrogen) atoms. The molecule has 0 saturated carbocycles. The number of aliphatic hydroxyl groups is 1. The Morgan fingerprint density at radius 2 is 1.78 bits per heavy atom. The number of hydrogen-bond donors (Lipinski definition) is 2. The monoisotopic (exact) mass is 395 g/mol. The van der Waals surface area contributed by atoms with Crippen LogP contribution in [0.3, 0.4) is 0 Å². The number of methoxy groups -OCH3 is 1. The second-order valence-electron chi connectivity index (χ2n) is 7.79. The normalized spacial score (nSPS) is 12.5. The van der Waals surface area contributed by atoms with Crippen LogP contribution in [0.15, 0.2) is 30.5 Å². The molecule has 0 aliphatic carbocycles. The van der Waals surface area contributed by atoms with Gasteiger partial charge in [-0.05, 0) is 24.0 Å². The molecule has 0 spiro atoms. The van der Waals surface area contributed by atoms with Crippen molar-refractivity contribution in [1.82, 2.24) is 9.88 Å². The summed E-state index contributed by atoms with van der Waals surface area (Å²) in [6.07, 6.45) is 1.33. The highest BCUT2D eigenvalue weighted by atomic mass is 35.5. The Balaban J connectivity index is 0.00000364. The lowest BCUT2D eigenvalue weighted by Gasteiger charge is -2.28. The van der Waals surface area contributed by atoms with Gasteiger partial charge in [0.2, 0.25) is 0 Å². The van der Waals surface area contributed by atoms with Crippen molar-refractivity contribution in [2.24, 2.45) is 11.8 Å². The van der Waals surface area contributed by atoms with Crippen molar-refractivity contribution in [1.29, 1.82) is 0 Å². The van der Waals surface area contributed by atoms with Crippen molar-refractivity contribution in [2.75, 3.05) is 38.6 Å². The van der Waals surface area contributed by atoms with E-state index in [1.165, 1.54) is 0 Å². The molecular weight excluding hydrogens is 362 g/mol. The molecule has 0 saturated heterocycles. The zero-order chi connectivity index (χ0) is 19.1. The van der Waals surface area contributed by atoms with E-state index in [2.05, 4.69) is 42.9 Å². The highest BCUT2D eigenvalue weighted by Crippen LogP contribution is 2.27. The summed E-state index contributed by atoms with van der Waals surface area (Å²) in [6.45, 7) is 12.0. The van der Waals surface area contributed by atoms with Gasteiger partial charge in [-0.1, -0.05) is 33.8 Å². The van der Waals surface area contributed by atoms with Gasteiger partial charge in [0.05, 0.1) is 24.4 Å². The number of benzene rings is 1. The molecule has 6 heteroatoms. The highest BCUT2D eigenvalue weighted by molar-refractivity contribution is 5.91. The van der Waals surface area contributed by atoms with Crippen molar-refractivity contribution in [3.63, 3.8) is 0 Å². The average molecular weight is 396 g/mol. The Morgan fingerprint density at radius 1 is 1.11 bits per heavy atom. The van der Waals surface area contributed by atoms with Crippen LogP contribution in [-0.4, -0.2) is 54.4 Å². The summed E-state index contributed by atoms with van der Waals surface area (Å²) in [4.78, 5) is 6.81. The minimum absolute atomic E-state index is 0. The first-order valence-electron chi connectivity index (χ1n) is 9.46. The van der Waals surface area contributed by atoms with Crippen LogP contribution in [-0.2, 0) is 0 Å². The summed E-state index contributed by atoms with van der Waals surface area (Å²) in [6, 6.07) is 7.83. The Bertz CT molecular complexity index is 684. The van der Waals surface area contributed by atoms with Gasteiger partial charge in [0.1, 0.15) is 5.75 Å². The molecule has 0 aliphatic heterocycles. The van der Waals surface area contributed by atoms with E-state index in [1.807, 2.05) is 24.3 Å². The zero-order valence-corrected chi connectivity index (χ0v) is 17.9. The number of aromatic nitrogens is 1. The minimum atomic E-state index is -0.447. The van der Waals surface area contributed by atoms with Crippen LogP contribution in [0.4, 0.5) is 5.69 Å². The third-order valence-electron chi connectivity index (χ3n) is 4.16. The summed E-state index contributed by atoms with van der Waals surface area (Å²) in [5, 5.41) is 14.9. The molecule has 5 nitrogen and oxygen atoms in total. The molecule has 1 atom stereocenters. The number of anilines is 1. The maximum atomic E-state index is 10.5. The first-order chi connectivity index (χ1) is 12.4. The van der Waals surface area contributed by atoms with Crippen molar-refractivity contribution in [2.45, 2.75) is 33.8 Å². The lowest BCUT2D eigenvalue weighted by molar-refractivity contribution is 0.107. The van der Waals surface area contributed by atoms with E-state index >= 15 is 0 Å². The Hall–Kier alpha value is -1.56. The zero-order valence-electron chi connectivity index (χ0n) is 17.1. The molecular formula is C21H34ClN3O2. The fourth-order valence-corrected chi connectivity index (χ4v) is 3.26. The van der Waals surface area contributed by atoms with Gasteiger partial charge >= 0.3 is 0 Å². The van der Waals surface area contributed by atoms with Gasteiger partial charge in [0.15, 0.2) is 0 Å². The number of aliphatic hydroxyl groups excluding tert-OH is 1. The lowest BCUT2D eigenvalue weighted by Crippen LogP contribution is -2.40. The smallest absolute Gasteiger partial charge is 0.121 e. The number of nitrogens with one attached hydrogen (secondary N) is 1. The van der Waals surface area contributed by atoms with Gasteiger partial charge in [-0.2, -0.15) is 0 Å². The predicted octanol–water partition coefficient (Wildman–Crippen LogP) is 4.05. The van der Waals surface area contributed by atoms with Crippen LogP contribution in [0.5, 0.6) is 5.75 Å². The minimum Gasteiger partial charge on any atom is -0.497 e. The van der Waals surface area contributed by atoms with E-state index in [4.69, 9.17) is 4.74 Å². The van der Waals surface area contributed by atoms with E-state index in [0.29, 0.717) is 24.9 Å².